The van der Waals surface area contributed by atoms with Crippen molar-refractivity contribution in [3.05, 3.63) is 12.2 Å². The Morgan fingerprint density at radius 3 is 1.23 bits per heavy atom. The Hall–Kier alpha value is -1.12. The molecule has 4 unspecified atom stereocenters. The van der Waals surface area contributed by atoms with Gasteiger partial charge in [0.15, 0.2) is 0 Å². The number of amides is 2. The molecule has 1 heterocycles. The first-order valence-electron chi connectivity index (χ1n) is 19.7. The third-order valence-corrected chi connectivity index (χ3v) is 11.0. The van der Waals surface area contributed by atoms with Crippen LogP contribution in [0.5, 0.6) is 0 Å². The number of carbonyl (C=O) groups is 2. The van der Waals surface area contributed by atoms with Crippen molar-refractivity contribution < 1.29 is 9.59 Å². The van der Waals surface area contributed by atoms with Crippen LogP contribution in [-0.2, 0) is 9.59 Å². The molecule has 2 aliphatic rings. The van der Waals surface area contributed by atoms with Gasteiger partial charge in [-0.2, -0.15) is 0 Å². The highest BCUT2D eigenvalue weighted by Gasteiger charge is 2.37. The van der Waals surface area contributed by atoms with Crippen molar-refractivity contribution in [3.8, 4) is 0 Å². The minimum Gasteiger partial charge on any atom is -0.275 e. The fourth-order valence-electron chi connectivity index (χ4n) is 8.36. The van der Waals surface area contributed by atoms with E-state index in [1.165, 1.54) is 184 Å². The van der Waals surface area contributed by atoms with Gasteiger partial charge in [0.1, 0.15) is 0 Å². The highest BCUT2D eigenvalue weighted by molar-refractivity contribution is 6.12. The third-order valence-electron chi connectivity index (χ3n) is 11.0. The Bertz CT molecular complexity index is 712. The van der Waals surface area contributed by atoms with E-state index in [0.717, 1.165) is 36.5 Å². The zero-order valence-corrected chi connectivity index (χ0v) is 29.2. The molecular weight excluding hydrogens is 526 g/mol. The molecule has 0 aromatic rings. The van der Waals surface area contributed by atoms with Gasteiger partial charge in [0.05, 0.1) is 0 Å². The first-order chi connectivity index (χ1) is 21.1. The molecule has 3 heteroatoms. The summed E-state index contributed by atoms with van der Waals surface area (Å²) in [5, 5.41) is 0. The molecule has 250 valence electrons. The molecule has 2 rings (SSSR count). The molecule has 0 aromatic carbocycles. The highest BCUT2D eigenvalue weighted by Crippen LogP contribution is 2.47. The summed E-state index contributed by atoms with van der Waals surface area (Å²) in [5.74, 6) is 3.65. The maximum Gasteiger partial charge on any atom is 0.253 e. The predicted molar refractivity (Wildman–Crippen MR) is 186 cm³/mol. The lowest BCUT2D eigenvalue weighted by molar-refractivity contribution is -0.136. The van der Waals surface area contributed by atoms with Crippen molar-refractivity contribution in [3.63, 3.8) is 0 Å². The van der Waals surface area contributed by atoms with E-state index in [0.29, 0.717) is 6.54 Å². The van der Waals surface area contributed by atoms with Crippen LogP contribution >= 0.6 is 0 Å². The normalized spacial score (nSPS) is 22.3. The van der Waals surface area contributed by atoms with Gasteiger partial charge >= 0.3 is 0 Å². The second kappa shape index (κ2) is 25.1. The summed E-state index contributed by atoms with van der Waals surface area (Å²) in [6, 6.07) is 0. The topological polar surface area (TPSA) is 37.4 Å². The van der Waals surface area contributed by atoms with E-state index in [9.17, 15) is 9.59 Å². The molecular formula is C40H73NO2. The lowest BCUT2D eigenvalue weighted by atomic mass is 9.61. The van der Waals surface area contributed by atoms with Crippen molar-refractivity contribution in [2.75, 3.05) is 6.54 Å². The van der Waals surface area contributed by atoms with Crippen LogP contribution in [0.25, 0.3) is 0 Å². The summed E-state index contributed by atoms with van der Waals surface area (Å²) in [6.07, 6.45) is 42.0. The van der Waals surface area contributed by atoms with E-state index in [-0.39, 0.29) is 11.8 Å². The standard InChI is InChI=1S/C40H73NO2/c1-4-7-10-12-14-17-22-27-36-31-30-35(26-21-9-6-3)37(28-23-18-13-11-8-5-2)38(36)29-24-19-15-16-20-25-34-41-39(42)32-33-40(41)43/h32-33,35-38H,4-31,34H2,1-3H3. The first-order valence-corrected chi connectivity index (χ1v) is 19.7. The van der Waals surface area contributed by atoms with Crippen LogP contribution in [0.15, 0.2) is 12.2 Å². The summed E-state index contributed by atoms with van der Waals surface area (Å²) in [5.41, 5.74) is 0. The van der Waals surface area contributed by atoms with Crippen LogP contribution in [0, 0.1) is 23.7 Å². The third kappa shape index (κ3) is 16.1. The molecule has 0 saturated heterocycles. The molecule has 0 N–H and O–H groups in total. The largest absolute Gasteiger partial charge is 0.275 e. The zero-order chi connectivity index (χ0) is 31.0. The van der Waals surface area contributed by atoms with E-state index in [1.807, 2.05) is 0 Å². The van der Waals surface area contributed by atoms with Gasteiger partial charge in [-0.3, -0.25) is 14.5 Å². The second-order valence-corrected chi connectivity index (χ2v) is 14.5. The predicted octanol–water partition coefficient (Wildman–Crippen LogP) is 12.4. The van der Waals surface area contributed by atoms with E-state index >= 15 is 0 Å². The number of imide groups is 1. The van der Waals surface area contributed by atoms with Crippen molar-refractivity contribution in [1.29, 1.82) is 0 Å². The minimum atomic E-state index is -0.132. The SMILES string of the molecule is CCCCCCCCCC1CCC(CCCCC)C(CCCCCCCC)C1CCCCCCCCN1C(=O)C=CC1=O. The molecule has 4 atom stereocenters. The quantitative estimate of drug-likeness (QED) is 0.0662. The van der Waals surface area contributed by atoms with Crippen molar-refractivity contribution in [1.82, 2.24) is 4.90 Å². The lowest BCUT2D eigenvalue weighted by Crippen LogP contribution is -2.35. The van der Waals surface area contributed by atoms with Crippen molar-refractivity contribution in [2.24, 2.45) is 23.7 Å². The molecule has 0 bridgehead atoms. The Morgan fingerprint density at radius 2 is 0.791 bits per heavy atom. The van der Waals surface area contributed by atoms with Gasteiger partial charge in [0.2, 0.25) is 0 Å². The summed E-state index contributed by atoms with van der Waals surface area (Å²) in [4.78, 5) is 24.9. The maximum atomic E-state index is 11.8. The fourth-order valence-corrected chi connectivity index (χ4v) is 8.36. The van der Waals surface area contributed by atoms with Gasteiger partial charge in [-0.1, -0.05) is 168 Å². The van der Waals surface area contributed by atoms with E-state index < -0.39 is 0 Å². The Morgan fingerprint density at radius 1 is 0.465 bits per heavy atom. The molecule has 0 radical (unpaired) electrons. The van der Waals surface area contributed by atoms with Crippen LogP contribution < -0.4 is 0 Å². The van der Waals surface area contributed by atoms with Gasteiger partial charge in [-0.15, -0.1) is 0 Å². The monoisotopic (exact) mass is 600 g/mol. The van der Waals surface area contributed by atoms with Crippen LogP contribution in [0.1, 0.15) is 201 Å². The van der Waals surface area contributed by atoms with Crippen LogP contribution in [0.3, 0.4) is 0 Å². The molecule has 1 aliphatic heterocycles. The molecule has 0 aromatic heterocycles. The van der Waals surface area contributed by atoms with Gasteiger partial charge < -0.3 is 0 Å². The summed E-state index contributed by atoms with van der Waals surface area (Å²) in [6.45, 7) is 7.60. The summed E-state index contributed by atoms with van der Waals surface area (Å²) >= 11 is 0. The van der Waals surface area contributed by atoms with E-state index in [4.69, 9.17) is 0 Å². The van der Waals surface area contributed by atoms with E-state index in [2.05, 4.69) is 20.8 Å². The summed E-state index contributed by atoms with van der Waals surface area (Å²) in [7, 11) is 0. The fraction of sp³-hybridized carbons (Fsp3) is 0.900. The number of unbranched alkanes of at least 4 members (excludes halogenated alkanes) is 18. The van der Waals surface area contributed by atoms with Crippen LogP contribution in [0.4, 0.5) is 0 Å². The van der Waals surface area contributed by atoms with Crippen molar-refractivity contribution in [2.45, 2.75) is 201 Å². The van der Waals surface area contributed by atoms with E-state index in [1.54, 1.807) is 0 Å². The minimum absolute atomic E-state index is 0.132. The van der Waals surface area contributed by atoms with Gasteiger partial charge in [-0.25, -0.2) is 0 Å². The number of hydrogen-bond acceptors (Lipinski definition) is 2. The average molecular weight is 600 g/mol. The summed E-state index contributed by atoms with van der Waals surface area (Å²) < 4.78 is 0. The smallest absolute Gasteiger partial charge is 0.253 e. The average Bonchev–Trinajstić information content (AvgIpc) is 3.33. The van der Waals surface area contributed by atoms with Crippen LogP contribution in [-0.4, -0.2) is 23.3 Å². The van der Waals surface area contributed by atoms with Crippen LogP contribution in [0.2, 0.25) is 0 Å². The van der Waals surface area contributed by atoms with Gasteiger partial charge in [0.25, 0.3) is 11.8 Å². The number of rotatable bonds is 28. The molecule has 1 fully saturated rings. The zero-order valence-electron chi connectivity index (χ0n) is 29.2. The molecule has 43 heavy (non-hydrogen) atoms. The Balaban J connectivity index is 1.85. The van der Waals surface area contributed by atoms with Gasteiger partial charge in [-0.05, 0) is 55.8 Å². The Kier molecular flexibility index (Phi) is 22.2. The molecule has 2 amide bonds. The lowest BCUT2D eigenvalue weighted by Gasteiger charge is -2.44. The Labute approximate surface area is 268 Å². The van der Waals surface area contributed by atoms with Crippen molar-refractivity contribution >= 4 is 11.8 Å². The molecule has 1 saturated carbocycles. The first kappa shape index (κ1) is 38.1. The maximum absolute atomic E-state index is 11.8. The molecule has 1 aliphatic carbocycles. The molecule has 3 nitrogen and oxygen atoms in total. The number of carbonyl (C=O) groups excluding carboxylic acids is 2. The molecule has 0 spiro atoms. The number of nitrogens with zero attached hydrogens (tertiary/aromatic N) is 1. The number of hydrogen-bond donors (Lipinski definition) is 0. The van der Waals surface area contributed by atoms with Gasteiger partial charge in [0, 0.05) is 18.7 Å². The second-order valence-electron chi connectivity index (χ2n) is 14.5. The highest BCUT2D eigenvalue weighted by atomic mass is 16.2.